The number of nitrogens with zero attached hydrogens (tertiary/aromatic N) is 1. The number of rotatable bonds is 11. The fraction of sp³-hybridized carbons (Fsp3) is 1.00. The summed E-state index contributed by atoms with van der Waals surface area (Å²) in [5, 5.41) is 0. The maximum absolute atomic E-state index is 6.55. The van der Waals surface area contributed by atoms with Crippen LogP contribution in [-0.4, -0.2) is 42.3 Å². The topological polar surface area (TPSA) is 21.7 Å². The molecule has 0 heterocycles. The van der Waals surface area contributed by atoms with Crippen molar-refractivity contribution in [1.29, 1.82) is 0 Å². The van der Waals surface area contributed by atoms with Gasteiger partial charge in [-0.3, -0.25) is 0 Å². The molecule has 0 spiro atoms. The van der Waals surface area contributed by atoms with Crippen molar-refractivity contribution in [2.75, 3.05) is 13.2 Å². The van der Waals surface area contributed by atoms with Crippen molar-refractivity contribution in [3.63, 3.8) is 0 Å². The Morgan fingerprint density at radius 2 is 1.05 bits per heavy atom. The van der Waals surface area contributed by atoms with Crippen molar-refractivity contribution >= 4 is 25.2 Å². The zero-order chi connectivity index (χ0) is 16.7. The normalized spacial score (nSPS) is 14.0. The molecule has 0 unspecified atom stereocenters. The summed E-state index contributed by atoms with van der Waals surface area (Å²) in [6.45, 7) is 23.0. The lowest BCUT2D eigenvalue weighted by Crippen LogP contribution is -2.74. The number of hydrogen-bond donors (Lipinski definition) is 0. The van der Waals surface area contributed by atoms with Gasteiger partial charge in [0.2, 0.25) is 0 Å². The van der Waals surface area contributed by atoms with E-state index >= 15 is 0 Å². The molecule has 0 aromatic heterocycles. The maximum Gasteiger partial charge on any atom is 0.414 e. The van der Waals surface area contributed by atoms with Crippen LogP contribution < -0.4 is 0 Å². The predicted molar refractivity (Wildman–Crippen MR) is 102 cm³/mol. The summed E-state index contributed by atoms with van der Waals surface area (Å²) in [4.78, 5) is 0. The summed E-state index contributed by atoms with van der Waals surface area (Å²) in [5.74, 6) is 0. The van der Waals surface area contributed by atoms with Gasteiger partial charge >= 0.3 is 8.72 Å². The average molecular weight is 350 g/mol. The van der Waals surface area contributed by atoms with E-state index in [0.717, 1.165) is 38.5 Å². The Kier molecular flexibility index (Phi) is 9.21. The summed E-state index contributed by atoms with van der Waals surface area (Å²) in [6.07, 6.45) is 3.28. The van der Waals surface area contributed by atoms with Crippen LogP contribution in [0.4, 0.5) is 0 Å². The van der Waals surface area contributed by atoms with Gasteiger partial charge in [0.1, 0.15) is 16.5 Å². The fourth-order valence-corrected chi connectivity index (χ4v) is 23.5. The lowest BCUT2D eigenvalue weighted by molar-refractivity contribution is 0.145. The van der Waals surface area contributed by atoms with Gasteiger partial charge in [-0.1, -0.05) is 66.5 Å². The molecule has 21 heavy (non-hydrogen) atoms. The lowest BCUT2D eigenvalue weighted by atomic mass is 10.5. The summed E-state index contributed by atoms with van der Waals surface area (Å²) < 4.78 is 15.9. The molecular formula is C15H39NO2Si3. The van der Waals surface area contributed by atoms with E-state index in [1.807, 2.05) is 0 Å². The second kappa shape index (κ2) is 8.98. The molecule has 0 aliphatic heterocycles. The zero-order valence-electron chi connectivity index (χ0n) is 16.0. The molecule has 0 bridgehead atoms. The van der Waals surface area contributed by atoms with Crippen LogP contribution in [0.3, 0.4) is 0 Å². The van der Waals surface area contributed by atoms with Crippen molar-refractivity contribution in [1.82, 2.24) is 3.90 Å². The summed E-state index contributed by atoms with van der Waals surface area (Å²) >= 11 is 0. The van der Waals surface area contributed by atoms with Crippen molar-refractivity contribution in [2.24, 2.45) is 0 Å². The Bertz CT molecular complexity index is 266. The van der Waals surface area contributed by atoms with Crippen LogP contribution in [0.2, 0.25) is 45.3 Å². The van der Waals surface area contributed by atoms with Crippen molar-refractivity contribution in [3.05, 3.63) is 0 Å². The third kappa shape index (κ3) is 6.66. The molecule has 0 rings (SSSR count). The van der Waals surface area contributed by atoms with Crippen molar-refractivity contribution in [3.8, 4) is 0 Å². The monoisotopic (exact) mass is 349 g/mol. The molecule has 6 heteroatoms. The first-order valence-electron chi connectivity index (χ1n) is 8.63. The highest BCUT2D eigenvalue weighted by Crippen LogP contribution is 2.32. The minimum absolute atomic E-state index is 0.835. The molecule has 0 saturated heterocycles. The van der Waals surface area contributed by atoms with Gasteiger partial charge in [-0.25, -0.2) is 0 Å². The number of hydrogen-bond acceptors (Lipinski definition) is 3. The third-order valence-electron chi connectivity index (χ3n) is 3.31. The van der Waals surface area contributed by atoms with Crippen LogP contribution in [0, 0.1) is 0 Å². The maximum atomic E-state index is 6.55. The Morgan fingerprint density at radius 3 is 1.29 bits per heavy atom. The minimum Gasteiger partial charge on any atom is -0.383 e. The Hall–Kier alpha value is 0.531. The van der Waals surface area contributed by atoms with Gasteiger partial charge in [-0.05, 0) is 12.8 Å². The van der Waals surface area contributed by atoms with Crippen LogP contribution in [0.1, 0.15) is 40.0 Å². The first-order valence-corrected chi connectivity index (χ1v) is 17.5. The molecule has 0 aromatic carbocycles. The molecule has 0 aliphatic rings. The van der Waals surface area contributed by atoms with E-state index in [1.54, 1.807) is 0 Å². The van der Waals surface area contributed by atoms with Gasteiger partial charge < -0.3 is 12.7 Å². The highest BCUT2D eigenvalue weighted by atomic mass is 28.5. The minimum atomic E-state index is -2.28. The van der Waals surface area contributed by atoms with Gasteiger partial charge in [0, 0.05) is 19.3 Å². The predicted octanol–water partition coefficient (Wildman–Crippen LogP) is 5.16. The average Bonchev–Trinajstić information content (AvgIpc) is 2.30. The molecule has 0 radical (unpaired) electrons. The first-order chi connectivity index (χ1) is 9.55. The highest BCUT2D eigenvalue weighted by Gasteiger charge is 2.53. The van der Waals surface area contributed by atoms with Crippen LogP contribution in [0.25, 0.3) is 0 Å². The summed E-state index contributed by atoms with van der Waals surface area (Å²) in [6, 6.07) is 1.10. The molecule has 0 atom stereocenters. The Labute approximate surface area is 136 Å². The third-order valence-corrected chi connectivity index (χ3v) is 19.2. The van der Waals surface area contributed by atoms with Crippen molar-refractivity contribution < 1.29 is 8.85 Å². The molecule has 0 aromatic rings. The van der Waals surface area contributed by atoms with E-state index < -0.39 is 25.2 Å². The van der Waals surface area contributed by atoms with Gasteiger partial charge in [0.15, 0.2) is 0 Å². The van der Waals surface area contributed by atoms with E-state index in [-0.39, 0.29) is 0 Å². The Balaban J connectivity index is 5.73. The molecule has 0 fully saturated rings. The SMILES string of the molecule is CCCO[Si](CCC)(OCCC)N([Si](C)(C)C)[Si](C)(C)C. The molecular weight excluding hydrogens is 310 g/mol. The van der Waals surface area contributed by atoms with Crippen LogP contribution >= 0.6 is 0 Å². The van der Waals surface area contributed by atoms with Gasteiger partial charge in [0.05, 0.1) is 0 Å². The van der Waals surface area contributed by atoms with E-state index in [0.29, 0.717) is 0 Å². The molecule has 0 amide bonds. The van der Waals surface area contributed by atoms with Crippen LogP contribution in [0.15, 0.2) is 0 Å². The van der Waals surface area contributed by atoms with E-state index in [2.05, 4.69) is 63.9 Å². The molecule has 128 valence electrons. The van der Waals surface area contributed by atoms with E-state index in [1.165, 1.54) is 0 Å². The standard InChI is InChI=1S/C15H39NO2Si3/c1-10-13-17-21(15-12-3,18-14-11-2)16(19(4,5)6)20(7,8)9/h10-15H2,1-9H3. The van der Waals surface area contributed by atoms with Crippen molar-refractivity contribution in [2.45, 2.75) is 85.4 Å². The van der Waals surface area contributed by atoms with Crippen LogP contribution in [-0.2, 0) is 8.85 Å². The first kappa shape index (κ1) is 21.5. The van der Waals surface area contributed by atoms with Crippen LogP contribution in [0.5, 0.6) is 0 Å². The van der Waals surface area contributed by atoms with E-state index in [4.69, 9.17) is 8.85 Å². The molecule has 0 saturated carbocycles. The zero-order valence-corrected chi connectivity index (χ0v) is 19.0. The van der Waals surface area contributed by atoms with Gasteiger partial charge in [-0.15, -0.1) is 0 Å². The van der Waals surface area contributed by atoms with Gasteiger partial charge in [0.25, 0.3) is 0 Å². The second-order valence-electron chi connectivity index (χ2n) is 7.84. The second-order valence-corrected chi connectivity index (χ2v) is 21.7. The quantitative estimate of drug-likeness (QED) is 0.481. The van der Waals surface area contributed by atoms with Gasteiger partial charge in [-0.2, -0.15) is 0 Å². The lowest BCUT2D eigenvalue weighted by Gasteiger charge is -2.53. The largest absolute Gasteiger partial charge is 0.414 e. The molecule has 0 N–H and O–H groups in total. The molecule has 0 aliphatic carbocycles. The molecule has 3 nitrogen and oxygen atoms in total. The fourth-order valence-electron chi connectivity index (χ4n) is 3.29. The smallest absolute Gasteiger partial charge is 0.383 e. The Morgan fingerprint density at radius 1 is 0.667 bits per heavy atom. The van der Waals surface area contributed by atoms with E-state index in [9.17, 15) is 0 Å². The summed E-state index contributed by atoms with van der Waals surface area (Å²) in [5.41, 5.74) is 0. The highest BCUT2D eigenvalue weighted by molar-refractivity contribution is 7.01. The summed E-state index contributed by atoms with van der Waals surface area (Å²) in [7, 11) is -5.26.